The van der Waals surface area contributed by atoms with E-state index in [4.69, 9.17) is 33.1 Å². The highest BCUT2D eigenvalue weighted by molar-refractivity contribution is 7.89. The molecule has 0 bridgehead atoms. The Hall–Kier alpha value is -1.34. The number of hydrogen-bond donors (Lipinski definition) is 1. The lowest BCUT2D eigenvalue weighted by atomic mass is 10.2. The van der Waals surface area contributed by atoms with Gasteiger partial charge in [0, 0.05) is 5.56 Å². The summed E-state index contributed by atoms with van der Waals surface area (Å²) in [5.74, 6) is -0.177. The third-order valence-corrected chi connectivity index (χ3v) is 4.19. The molecule has 0 aliphatic heterocycles. The van der Waals surface area contributed by atoms with Gasteiger partial charge in [0.05, 0.1) is 14.9 Å². The van der Waals surface area contributed by atoms with Crippen LogP contribution in [0.25, 0.3) is 0 Å². The number of primary sulfonamides is 1. The molecule has 2 aromatic carbocycles. The first-order chi connectivity index (χ1) is 9.77. The first-order valence-corrected chi connectivity index (χ1v) is 7.96. The lowest BCUT2D eigenvalue weighted by Gasteiger charge is -2.10. The van der Waals surface area contributed by atoms with E-state index >= 15 is 0 Å². The maximum absolute atomic E-state index is 12.9. The molecule has 0 saturated heterocycles. The van der Waals surface area contributed by atoms with E-state index in [1.807, 2.05) is 0 Å². The molecule has 8 heteroatoms. The van der Waals surface area contributed by atoms with E-state index in [9.17, 15) is 12.8 Å². The first-order valence-electron chi connectivity index (χ1n) is 5.66. The van der Waals surface area contributed by atoms with Crippen LogP contribution < -0.4 is 9.88 Å². The Morgan fingerprint density at radius 2 is 1.81 bits per heavy atom. The molecule has 0 radical (unpaired) electrons. The molecule has 2 rings (SSSR count). The Morgan fingerprint density at radius 1 is 1.10 bits per heavy atom. The van der Waals surface area contributed by atoms with Crippen LogP contribution in [-0.2, 0) is 16.6 Å². The van der Waals surface area contributed by atoms with Crippen molar-refractivity contribution in [1.82, 2.24) is 0 Å². The van der Waals surface area contributed by atoms with Gasteiger partial charge in [-0.3, -0.25) is 0 Å². The smallest absolute Gasteiger partial charge is 0.238 e. The summed E-state index contributed by atoms with van der Waals surface area (Å²) in [6, 6.07) is 7.79. The zero-order valence-electron chi connectivity index (χ0n) is 10.5. The van der Waals surface area contributed by atoms with Gasteiger partial charge in [-0.05, 0) is 30.3 Å². The zero-order valence-corrected chi connectivity index (χ0v) is 12.8. The molecule has 0 fully saturated rings. The van der Waals surface area contributed by atoms with E-state index in [0.29, 0.717) is 5.56 Å². The minimum atomic E-state index is -3.82. The van der Waals surface area contributed by atoms with Crippen LogP contribution in [0, 0.1) is 5.82 Å². The van der Waals surface area contributed by atoms with Gasteiger partial charge in [-0.2, -0.15) is 0 Å². The highest BCUT2D eigenvalue weighted by atomic mass is 35.5. The average molecular weight is 350 g/mol. The van der Waals surface area contributed by atoms with E-state index in [-0.39, 0.29) is 27.3 Å². The van der Waals surface area contributed by atoms with Gasteiger partial charge in [-0.25, -0.2) is 17.9 Å². The number of ether oxygens (including phenoxy) is 1. The fraction of sp³-hybridized carbons (Fsp3) is 0.0769. The maximum atomic E-state index is 12.9. The molecule has 4 nitrogen and oxygen atoms in total. The van der Waals surface area contributed by atoms with E-state index in [0.717, 1.165) is 0 Å². The zero-order chi connectivity index (χ0) is 15.6. The van der Waals surface area contributed by atoms with Crippen molar-refractivity contribution in [2.24, 2.45) is 5.14 Å². The van der Waals surface area contributed by atoms with Gasteiger partial charge in [0.1, 0.15) is 18.2 Å². The van der Waals surface area contributed by atoms with Crippen LogP contribution in [0.4, 0.5) is 4.39 Å². The standard InChI is InChI=1S/C13H10Cl2FNO3S/c14-11-5-9(16)2-1-8(11)7-20-13-4-3-10(6-12(13)15)21(17,18)19/h1-6H,7H2,(H2,17,18,19). The van der Waals surface area contributed by atoms with Crippen molar-refractivity contribution in [2.75, 3.05) is 0 Å². The molecule has 21 heavy (non-hydrogen) atoms. The predicted molar refractivity (Wildman–Crippen MR) is 78.6 cm³/mol. The highest BCUT2D eigenvalue weighted by Crippen LogP contribution is 2.28. The molecule has 2 aromatic rings. The Labute approximate surface area is 131 Å². The molecule has 0 heterocycles. The van der Waals surface area contributed by atoms with E-state index < -0.39 is 15.8 Å². The Balaban J connectivity index is 2.17. The summed E-state index contributed by atoms with van der Waals surface area (Å²) in [6.45, 7) is 0.0631. The molecular weight excluding hydrogens is 340 g/mol. The summed E-state index contributed by atoms with van der Waals surface area (Å²) >= 11 is 11.8. The summed E-state index contributed by atoms with van der Waals surface area (Å²) < 4.78 is 40.7. The van der Waals surface area contributed by atoms with Crippen LogP contribution in [0.15, 0.2) is 41.3 Å². The number of rotatable bonds is 4. The summed E-state index contributed by atoms with van der Waals surface area (Å²) in [4.78, 5) is -0.111. The third-order valence-electron chi connectivity index (χ3n) is 2.63. The minimum absolute atomic E-state index is 0.0631. The van der Waals surface area contributed by atoms with Crippen molar-refractivity contribution in [2.45, 2.75) is 11.5 Å². The van der Waals surface area contributed by atoms with Gasteiger partial charge < -0.3 is 4.74 Å². The number of nitrogens with two attached hydrogens (primary N) is 1. The number of halogens is 3. The molecule has 0 spiro atoms. The molecule has 0 aliphatic carbocycles. The second-order valence-electron chi connectivity index (χ2n) is 4.16. The third kappa shape index (κ3) is 4.07. The Kier molecular flexibility index (Phi) is 4.73. The second-order valence-corrected chi connectivity index (χ2v) is 6.54. The highest BCUT2D eigenvalue weighted by Gasteiger charge is 2.12. The van der Waals surface area contributed by atoms with Gasteiger partial charge in [0.15, 0.2) is 0 Å². The van der Waals surface area contributed by atoms with E-state index in [2.05, 4.69) is 0 Å². The van der Waals surface area contributed by atoms with Crippen molar-refractivity contribution >= 4 is 33.2 Å². The van der Waals surface area contributed by atoms with Crippen molar-refractivity contribution in [1.29, 1.82) is 0 Å². The maximum Gasteiger partial charge on any atom is 0.238 e. The van der Waals surface area contributed by atoms with Gasteiger partial charge in [0.2, 0.25) is 10.0 Å². The summed E-state index contributed by atoms with van der Waals surface area (Å²) in [7, 11) is -3.82. The van der Waals surface area contributed by atoms with E-state index in [1.54, 1.807) is 0 Å². The summed E-state index contributed by atoms with van der Waals surface area (Å²) in [6.07, 6.45) is 0. The largest absolute Gasteiger partial charge is 0.487 e. The number of sulfonamides is 1. The normalized spacial score (nSPS) is 11.4. The molecule has 0 aliphatic rings. The quantitative estimate of drug-likeness (QED) is 0.919. The summed E-state index contributed by atoms with van der Waals surface area (Å²) in [5, 5.41) is 5.32. The van der Waals surface area contributed by atoms with Gasteiger partial charge in [-0.1, -0.05) is 29.3 Å². The van der Waals surface area contributed by atoms with Gasteiger partial charge in [0.25, 0.3) is 0 Å². The molecule has 112 valence electrons. The van der Waals surface area contributed by atoms with Crippen LogP contribution in [-0.4, -0.2) is 8.42 Å². The van der Waals surface area contributed by atoms with Crippen LogP contribution in [0.2, 0.25) is 10.0 Å². The molecule has 0 saturated carbocycles. The van der Waals surface area contributed by atoms with Crippen molar-refractivity contribution in [3.05, 3.63) is 57.8 Å². The van der Waals surface area contributed by atoms with Crippen LogP contribution in [0.5, 0.6) is 5.75 Å². The monoisotopic (exact) mass is 349 g/mol. The van der Waals surface area contributed by atoms with Crippen LogP contribution >= 0.6 is 23.2 Å². The molecular formula is C13H10Cl2FNO3S. The van der Waals surface area contributed by atoms with E-state index in [1.165, 1.54) is 36.4 Å². The second kappa shape index (κ2) is 6.19. The van der Waals surface area contributed by atoms with Crippen molar-refractivity contribution < 1.29 is 17.5 Å². The van der Waals surface area contributed by atoms with Crippen molar-refractivity contribution in [3.8, 4) is 5.75 Å². The summed E-state index contributed by atoms with van der Waals surface area (Å²) in [5.41, 5.74) is 0.574. The molecule has 0 unspecified atom stereocenters. The molecule has 2 N–H and O–H groups in total. The fourth-order valence-corrected chi connectivity index (χ4v) is 2.63. The minimum Gasteiger partial charge on any atom is -0.487 e. The van der Waals surface area contributed by atoms with Crippen molar-refractivity contribution in [3.63, 3.8) is 0 Å². The van der Waals surface area contributed by atoms with Gasteiger partial charge >= 0.3 is 0 Å². The molecule has 0 atom stereocenters. The fourth-order valence-electron chi connectivity index (χ4n) is 1.57. The SMILES string of the molecule is NS(=O)(=O)c1ccc(OCc2ccc(F)cc2Cl)c(Cl)c1. The molecule has 0 amide bonds. The molecule has 0 aromatic heterocycles. The average Bonchev–Trinajstić information content (AvgIpc) is 2.38. The first kappa shape index (κ1) is 16.0. The lowest BCUT2D eigenvalue weighted by Crippen LogP contribution is -2.12. The number of benzene rings is 2. The number of hydrogen-bond acceptors (Lipinski definition) is 3. The Bertz CT molecular complexity index is 781. The van der Waals surface area contributed by atoms with Gasteiger partial charge in [-0.15, -0.1) is 0 Å². The Morgan fingerprint density at radius 3 is 2.38 bits per heavy atom. The predicted octanol–water partition coefficient (Wildman–Crippen LogP) is 3.36. The topological polar surface area (TPSA) is 69.4 Å². The van der Waals surface area contributed by atoms with Crippen LogP contribution in [0.3, 0.4) is 0 Å². The van der Waals surface area contributed by atoms with Crippen LogP contribution in [0.1, 0.15) is 5.56 Å². The lowest BCUT2D eigenvalue weighted by molar-refractivity contribution is 0.306.